The van der Waals surface area contributed by atoms with E-state index in [1.807, 2.05) is 35.2 Å². The largest absolute Gasteiger partial charge is 0.492 e. The number of carbonyl (C=O) groups excluding carboxylic acids is 1. The van der Waals surface area contributed by atoms with Crippen molar-refractivity contribution in [3.8, 4) is 5.75 Å². The number of thiophene rings is 1. The van der Waals surface area contributed by atoms with Crippen molar-refractivity contribution in [3.05, 3.63) is 57.0 Å². The van der Waals surface area contributed by atoms with Gasteiger partial charge in [-0.15, -0.1) is 23.1 Å². The van der Waals surface area contributed by atoms with Gasteiger partial charge in [-0.2, -0.15) is 0 Å². The Kier molecular flexibility index (Phi) is 7.51. The summed E-state index contributed by atoms with van der Waals surface area (Å²) in [4.78, 5) is 39.5. The maximum atomic E-state index is 12.7. The molecule has 1 aromatic carbocycles. The molecule has 3 heterocycles. The molecule has 0 saturated carbocycles. The number of amides is 1. The van der Waals surface area contributed by atoms with Crippen molar-refractivity contribution >= 4 is 39.2 Å². The molecule has 9 heteroatoms. The fourth-order valence-electron chi connectivity index (χ4n) is 4.63. The van der Waals surface area contributed by atoms with Crippen molar-refractivity contribution < 1.29 is 9.53 Å². The van der Waals surface area contributed by atoms with Crippen molar-refractivity contribution in [2.45, 2.75) is 31.4 Å². The molecule has 34 heavy (non-hydrogen) atoms. The van der Waals surface area contributed by atoms with Gasteiger partial charge in [0.25, 0.3) is 5.56 Å². The first-order valence-electron chi connectivity index (χ1n) is 12.0. The van der Waals surface area contributed by atoms with Crippen molar-refractivity contribution in [1.29, 1.82) is 0 Å². The lowest BCUT2D eigenvalue weighted by molar-refractivity contribution is -0.130. The number of carbonyl (C=O) groups is 1. The van der Waals surface area contributed by atoms with Gasteiger partial charge in [-0.3, -0.25) is 14.5 Å². The number of nitrogens with one attached hydrogen (secondary N) is 1. The Bertz CT molecular complexity index is 1190. The van der Waals surface area contributed by atoms with E-state index in [9.17, 15) is 9.59 Å². The van der Waals surface area contributed by atoms with Crippen LogP contribution in [0, 0.1) is 0 Å². The number of ether oxygens (including phenoxy) is 1. The number of piperazine rings is 1. The van der Waals surface area contributed by atoms with Gasteiger partial charge in [0.2, 0.25) is 5.91 Å². The monoisotopic (exact) mass is 498 g/mol. The second kappa shape index (κ2) is 10.9. The number of benzene rings is 1. The normalized spacial score (nSPS) is 16.5. The third kappa shape index (κ3) is 5.47. The van der Waals surface area contributed by atoms with E-state index in [1.165, 1.54) is 28.6 Å². The van der Waals surface area contributed by atoms with E-state index in [0.29, 0.717) is 23.9 Å². The van der Waals surface area contributed by atoms with Crippen LogP contribution in [0.2, 0.25) is 0 Å². The standard InChI is InChI=1S/C25H30N4O3S2/c30-22(29-12-10-28(11-13-29)14-15-32-18-6-2-1-3-7-18)17-33-16-21-26-24(31)23-19-8-4-5-9-20(19)34-25(23)27-21/h1-3,6-7H,4-5,8-17H2,(H,26,27,31). The zero-order valence-electron chi connectivity index (χ0n) is 19.3. The molecule has 0 bridgehead atoms. The van der Waals surface area contributed by atoms with Crippen LogP contribution in [0.25, 0.3) is 10.2 Å². The highest BCUT2D eigenvalue weighted by atomic mass is 32.2. The third-order valence-electron chi connectivity index (χ3n) is 6.48. The molecule has 0 atom stereocenters. The first kappa shape index (κ1) is 23.4. The van der Waals surface area contributed by atoms with Crippen LogP contribution in [0.4, 0.5) is 0 Å². The molecule has 0 unspecified atom stereocenters. The SMILES string of the molecule is O=C(CSCc1nc2sc3c(c2c(=O)[nH]1)CCCC3)N1CCN(CCOc2ccccc2)CC1. The number of aromatic nitrogens is 2. The molecule has 180 valence electrons. The summed E-state index contributed by atoms with van der Waals surface area (Å²) >= 11 is 3.19. The van der Waals surface area contributed by atoms with Gasteiger partial charge in [0.05, 0.1) is 16.9 Å². The Morgan fingerprint density at radius 1 is 1.12 bits per heavy atom. The summed E-state index contributed by atoms with van der Waals surface area (Å²) in [5.41, 5.74) is 1.18. The lowest BCUT2D eigenvalue weighted by Gasteiger charge is -2.34. The molecule has 1 amide bonds. The molecule has 2 aromatic heterocycles. The van der Waals surface area contributed by atoms with E-state index in [0.717, 1.165) is 68.0 Å². The van der Waals surface area contributed by atoms with Crippen molar-refractivity contribution in [1.82, 2.24) is 19.8 Å². The van der Waals surface area contributed by atoms with Crippen LogP contribution in [-0.2, 0) is 23.4 Å². The number of aryl methyl sites for hydroxylation is 2. The van der Waals surface area contributed by atoms with E-state index in [4.69, 9.17) is 9.72 Å². The fourth-order valence-corrected chi connectivity index (χ4v) is 6.70. The lowest BCUT2D eigenvalue weighted by atomic mass is 9.97. The number of thioether (sulfide) groups is 1. The summed E-state index contributed by atoms with van der Waals surface area (Å²) in [5, 5.41) is 0.788. The van der Waals surface area contributed by atoms with E-state index < -0.39 is 0 Å². The van der Waals surface area contributed by atoms with Crippen LogP contribution >= 0.6 is 23.1 Å². The van der Waals surface area contributed by atoms with E-state index in [1.54, 1.807) is 11.3 Å². The summed E-state index contributed by atoms with van der Waals surface area (Å²) in [7, 11) is 0. The van der Waals surface area contributed by atoms with Crippen LogP contribution in [-0.4, -0.2) is 70.8 Å². The van der Waals surface area contributed by atoms with Crippen LogP contribution in [0.1, 0.15) is 29.1 Å². The van der Waals surface area contributed by atoms with Crippen LogP contribution < -0.4 is 10.3 Å². The minimum absolute atomic E-state index is 0.0290. The fraction of sp³-hybridized carbons (Fsp3) is 0.480. The van der Waals surface area contributed by atoms with Gasteiger partial charge in [0, 0.05) is 37.6 Å². The topological polar surface area (TPSA) is 78.5 Å². The Morgan fingerprint density at radius 3 is 2.74 bits per heavy atom. The van der Waals surface area contributed by atoms with Crippen molar-refractivity contribution in [3.63, 3.8) is 0 Å². The van der Waals surface area contributed by atoms with Crippen LogP contribution in [0.5, 0.6) is 5.75 Å². The Labute approximate surface area is 207 Å². The predicted octanol–water partition coefficient (Wildman–Crippen LogP) is 3.32. The molecule has 1 N–H and O–H groups in total. The smallest absolute Gasteiger partial charge is 0.259 e. The summed E-state index contributed by atoms with van der Waals surface area (Å²) in [5.74, 6) is 2.65. The Morgan fingerprint density at radius 2 is 1.91 bits per heavy atom. The minimum atomic E-state index is -0.0290. The van der Waals surface area contributed by atoms with Gasteiger partial charge in [0.15, 0.2) is 0 Å². The highest BCUT2D eigenvalue weighted by molar-refractivity contribution is 7.99. The first-order valence-corrected chi connectivity index (χ1v) is 13.9. The van der Waals surface area contributed by atoms with Crippen LogP contribution in [0.3, 0.4) is 0 Å². The molecule has 1 saturated heterocycles. The predicted molar refractivity (Wildman–Crippen MR) is 138 cm³/mol. The van der Waals surface area contributed by atoms with Gasteiger partial charge < -0.3 is 14.6 Å². The number of hydrogen-bond donors (Lipinski definition) is 1. The van der Waals surface area contributed by atoms with E-state index >= 15 is 0 Å². The molecule has 0 spiro atoms. The quantitative estimate of drug-likeness (QED) is 0.513. The number of para-hydroxylation sites is 1. The number of nitrogens with zero attached hydrogens (tertiary/aromatic N) is 3. The average molecular weight is 499 g/mol. The second-order valence-corrected chi connectivity index (χ2v) is 10.8. The molecule has 0 radical (unpaired) electrons. The van der Waals surface area contributed by atoms with Gasteiger partial charge >= 0.3 is 0 Å². The molecule has 3 aromatic rings. The summed E-state index contributed by atoms with van der Waals surface area (Å²) in [6, 6.07) is 9.85. The zero-order valence-corrected chi connectivity index (χ0v) is 20.9. The summed E-state index contributed by atoms with van der Waals surface area (Å²) < 4.78 is 5.78. The highest BCUT2D eigenvalue weighted by Crippen LogP contribution is 2.33. The number of hydrogen-bond acceptors (Lipinski definition) is 7. The molecule has 1 fully saturated rings. The summed E-state index contributed by atoms with van der Waals surface area (Å²) in [6.45, 7) is 4.72. The minimum Gasteiger partial charge on any atom is -0.492 e. The summed E-state index contributed by atoms with van der Waals surface area (Å²) in [6.07, 6.45) is 4.38. The molecule has 5 rings (SSSR count). The average Bonchev–Trinajstić information content (AvgIpc) is 3.24. The molecular weight excluding hydrogens is 468 g/mol. The lowest BCUT2D eigenvalue weighted by Crippen LogP contribution is -2.50. The Hall–Kier alpha value is -2.36. The third-order valence-corrected chi connectivity index (χ3v) is 8.60. The van der Waals surface area contributed by atoms with Crippen molar-refractivity contribution in [2.75, 3.05) is 45.1 Å². The van der Waals surface area contributed by atoms with Gasteiger partial charge in [-0.1, -0.05) is 18.2 Å². The molecule has 1 aliphatic heterocycles. The van der Waals surface area contributed by atoms with Crippen molar-refractivity contribution in [2.24, 2.45) is 0 Å². The number of aromatic amines is 1. The van der Waals surface area contributed by atoms with E-state index in [2.05, 4.69) is 9.88 Å². The number of fused-ring (bicyclic) bond motifs is 3. The molecular formula is C25H30N4O3S2. The second-order valence-electron chi connectivity index (χ2n) is 8.78. The molecule has 2 aliphatic rings. The maximum Gasteiger partial charge on any atom is 0.259 e. The zero-order chi connectivity index (χ0) is 23.3. The highest BCUT2D eigenvalue weighted by Gasteiger charge is 2.22. The number of H-pyrrole nitrogens is 1. The number of rotatable bonds is 8. The van der Waals surface area contributed by atoms with Crippen LogP contribution in [0.15, 0.2) is 35.1 Å². The molecule has 1 aliphatic carbocycles. The van der Waals surface area contributed by atoms with Gasteiger partial charge in [0.1, 0.15) is 23.0 Å². The first-order chi connectivity index (χ1) is 16.7. The Balaban J connectivity index is 1.06. The maximum absolute atomic E-state index is 12.7. The van der Waals surface area contributed by atoms with Gasteiger partial charge in [-0.25, -0.2) is 4.98 Å². The molecule has 7 nitrogen and oxygen atoms in total. The van der Waals surface area contributed by atoms with E-state index in [-0.39, 0.29) is 11.5 Å². The van der Waals surface area contributed by atoms with Gasteiger partial charge in [-0.05, 0) is 43.4 Å².